The maximum atomic E-state index is 12.5. The van der Waals surface area contributed by atoms with Crippen molar-refractivity contribution >= 4 is 0 Å². The average molecular weight is 275 g/mol. The topological polar surface area (TPSA) is 61.3 Å². The fourth-order valence-corrected chi connectivity index (χ4v) is 2.37. The first-order valence-corrected chi connectivity index (χ1v) is 6.89. The summed E-state index contributed by atoms with van der Waals surface area (Å²) in [6, 6.07) is 9.35. The van der Waals surface area contributed by atoms with Crippen molar-refractivity contribution < 1.29 is 5.11 Å². The number of aliphatic hydroxyl groups is 1. The van der Waals surface area contributed by atoms with Crippen molar-refractivity contribution in [1.29, 1.82) is 0 Å². The van der Waals surface area contributed by atoms with Gasteiger partial charge >= 0.3 is 0 Å². The molecular formula is C15H21N3O2. The van der Waals surface area contributed by atoms with Crippen LogP contribution < -0.4 is 5.56 Å². The van der Waals surface area contributed by atoms with Gasteiger partial charge in [-0.15, -0.1) is 0 Å². The summed E-state index contributed by atoms with van der Waals surface area (Å²) in [6.45, 7) is 7.11. The van der Waals surface area contributed by atoms with Gasteiger partial charge in [0.05, 0.1) is 11.3 Å². The Hall–Kier alpha value is -1.85. The number of aliphatic hydroxyl groups excluding tert-OH is 1. The summed E-state index contributed by atoms with van der Waals surface area (Å²) in [5.41, 5.74) is 1.67. The minimum Gasteiger partial charge on any atom is -0.374 e. The van der Waals surface area contributed by atoms with Gasteiger partial charge in [-0.3, -0.25) is 14.8 Å². The zero-order chi connectivity index (χ0) is 14.7. The molecule has 2 N–H and O–H groups in total. The number of benzene rings is 1. The molecule has 20 heavy (non-hydrogen) atoms. The molecule has 1 aromatic heterocycles. The smallest absolute Gasteiger partial charge is 0.278 e. The highest BCUT2D eigenvalue weighted by molar-refractivity contribution is 5.33. The molecule has 1 atom stereocenters. The van der Waals surface area contributed by atoms with Gasteiger partial charge in [-0.05, 0) is 32.1 Å². The van der Waals surface area contributed by atoms with Gasteiger partial charge in [-0.25, -0.2) is 4.68 Å². The Balaban J connectivity index is 2.47. The van der Waals surface area contributed by atoms with Crippen LogP contribution in [-0.2, 0) is 0 Å². The van der Waals surface area contributed by atoms with E-state index in [-0.39, 0.29) is 5.56 Å². The first kappa shape index (κ1) is 14.6. The summed E-state index contributed by atoms with van der Waals surface area (Å²) in [5.74, 6) is 0. The second-order valence-electron chi connectivity index (χ2n) is 4.72. The van der Waals surface area contributed by atoms with Crippen LogP contribution in [0.4, 0.5) is 0 Å². The third-order valence-electron chi connectivity index (χ3n) is 3.55. The van der Waals surface area contributed by atoms with E-state index in [1.807, 2.05) is 56.0 Å². The summed E-state index contributed by atoms with van der Waals surface area (Å²) in [5, 5.41) is 13.4. The van der Waals surface area contributed by atoms with Gasteiger partial charge < -0.3 is 5.11 Å². The van der Waals surface area contributed by atoms with Crippen molar-refractivity contribution in [3.05, 3.63) is 51.9 Å². The van der Waals surface area contributed by atoms with Gasteiger partial charge in [0.15, 0.2) is 0 Å². The second-order valence-corrected chi connectivity index (χ2v) is 4.72. The van der Waals surface area contributed by atoms with Gasteiger partial charge in [0.2, 0.25) is 0 Å². The minimum absolute atomic E-state index is 0.201. The molecule has 0 amide bonds. The number of nitrogens with zero attached hydrogens (tertiary/aromatic N) is 2. The van der Waals surface area contributed by atoms with Crippen molar-refractivity contribution in [1.82, 2.24) is 14.7 Å². The Kier molecular flexibility index (Phi) is 4.42. The lowest BCUT2D eigenvalue weighted by Gasteiger charge is -2.23. The van der Waals surface area contributed by atoms with Crippen LogP contribution in [0.1, 0.15) is 31.3 Å². The quantitative estimate of drug-likeness (QED) is 0.818. The molecule has 0 fully saturated rings. The zero-order valence-electron chi connectivity index (χ0n) is 12.1. The van der Waals surface area contributed by atoms with Crippen molar-refractivity contribution in [3.63, 3.8) is 0 Å². The molecule has 0 spiro atoms. The molecule has 0 saturated carbocycles. The van der Waals surface area contributed by atoms with Crippen molar-refractivity contribution in [3.8, 4) is 5.69 Å². The standard InChI is InChI=1S/C15H21N3O2/c1-4-17(5-2)14(19)13-11(3)16-18(15(13)20)12-9-7-6-8-10-12/h6-10,14,16,19H,4-5H2,1-3H3. The summed E-state index contributed by atoms with van der Waals surface area (Å²) >= 11 is 0. The number of aromatic nitrogens is 2. The second kappa shape index (κ2) is 6.07. The van der Waals surface area contributed by atoms with E-state index >= 15 is 0 Å². The number of hydrogen-bond acceptors (Lipinski definition) is 3. The van der Waals surface area contributed by atoms with Crippen molar-refractivity contribution in [2.24, 2.45) is 0 Å². The fourth-order valence-electron chi connectivity index (χ4n) is 2.37. The first-order chi connectivity index (χ1) is 9.60. The van der Waals surface area contributed by atoms with E-state index in [9.17, 15) is 9.90 Å². The number of H-pyrrole nitrogens is 1. The monoisotopic (exact) mass is 275 g/mol. The summed E-state index contributed by atoms with van der Waals surface area (Å²) < 4.78 is 1.47. The van der Waals surface area contributed by atoms with Gasteiger partial charge in [0, 0.05) is 5.69 Å². The SMILES string of the molecule is CCN(CC)C(O)c1c(C)[nH]n(-c2ccccc2)c1=O. The molecule has 1 heterocycles. The molecule has 1 unspecified atom stereocenters. The summed E-state index contributed by atoms with van der Waals surface area (Å²) in [4.78, 5) is 14.4. The summed E-state index contributed by atoms with van der Waals surface area (Å²) in [6.07, 6.45) is -0.876. The number of para-hydroxylation sites is 1. The lowest BCUT2D eigenvalue weighted by Crippen LogP contribution is -2.32. The third-order valence-corrected chi connectivity index (χ3v) is 3.55. The Labute approximate surface area is 118 Å². The van der Waals surface area contributed by atoms with E-state index in [2.05, 4.69) is 5.10 Å². The zero-order valence-corrected chi connectivity index (χ0v) is 12.1. The first-order valence-electron chi connectivity index (χ1n) is 6.89. The molecule has 108 valence electrons. The Morgan fingerprint density at radius 3 is 2.40 bits per heavy atom. The molecule has 1 aromatic carbocycles. The van der Waals surface area contributed by atoms with Crippen LogP contribution in [0.3, 0.4) is 0 Å². The maximum absolute atomic E-state index is 12.5. The molecule has 0 saturated heterocycles. The number of aryl methyl sites for hydroxylation is 1. The van der Waals surface area contributed by atoms with Crippen LogP contribution in [0, 0.1) is 6.92 Å². The number of hydrogen-bond donors (Lipinski definition) is 2. The van der Waals surface area contributed by atoms with Crippen LogP contribution in [0.25, 0.3) is 5.69 Å². The molecule has 0 bridgehead atoms. The number of nitrogens with one attached hydrogen (secondary N) is 1. The molecule has 2 rings (SSSR count). The molecule has 0 radical (unpaired) electrons. The predicted molar refractivity (Wildman–Crippen MR) is 79.0 cm³/mol. The molecule has 0 aliphatic rings. The van der Waals surface area contributed by atoms with E-state index in [0.29, 0.717) is 24.3 Å². The molecular weight excluding hydrogens is 254 g/mol. The maximum Gasteiger partial charge on any atom is 0.278 e. The van der Waals surface area contributed by atoms with Crippen molar-refractivity contribution in [2.45, 2.75) is 27.0 Å². The highest BCUT2D eigenvalue weighted by Gasteiger charge is 2.23. The fraction of sp³-hybridized carbons (Fsp3) is 0.400. The third kappa shape index (κ3) is 2.55. The van der Waals surface area contributed by atoms with Gasteiger partial charge in [0.1, 0.15) is 6.23 Å². The minimum atomic E-state index is -0.876. The van der Waals surface area contributed by atoms with E-state index in [1.165, 1.54) is 4.68 Å². The highest BCUT2D eigenvalue weighted by atomic mass is 16.3. The molecule has 5 nitrogen and oxygen atoms in total. The molecule has 0 aliphatic heterocycles. The normalized spacial score (nSPS) is 12.8. The number of aromatic amines is 1. The molecule has 5 heteroatoms. The van der Waals surface area contributed by atoms with Gasteiger partial charge in [0.25, 0.3) is 5.56 Å². The van der Waals surface area contributed by atoms with E-state index in [4.69, 9.17) is 0 Å². The number of rotatable bonds is 5. The van der Waals surface area contributed by atoms with Crippen LogP contribution in [0.2, 0.25) is 0 Å². The Morgan fingerprint density at radius 2 is 1.85 bits per heavy atom. The highest BCUT2D eigenvalue weighted by Crippen LogP contribution is 2.17. The van der Waals surface area contributed by atoms with Gasteiger partial charge in [-0.2, -0.15) is 0 Å². The molecule has 2 aromatic rings. The Bertz CT molecular complexity index is 612. The Morgan fingerprint density at radius 1 is 1.25 bits per heavy atom. The molecule has 0 aliphatic carbocycles. The van der Waals surface area contributed by atoms with E-state index in [0.717, 1.165) is 5.69 Å². The van der Waals surface area contributed by atoms with Crippen LogP contribution in [0.5, 0.6) is 0 Å². The predicted octanol–water partition coefficient (Wildman–Crippen LogP) is 1.81. The summed E-state index contributed by atoms with van der Waals surface area (Å²) in [7, 11) is 0. The van der Waals surface area contributed by atoms with Crippen LogP contribution in [-0.4, -0.2) is 32.9 Å². The largest absolute Gasteiger partial charge is 0.374 e. The van der Waals surface area contributed by atoms with Crippen LogP contribution in [0.15, 0.2) is 35.1 Å². The lowest BCUT2D eigenvalue weighted by molar-refractivity contribution is 0.00776. The van der Waals surface area contributed by atoms with Gasteiger partial charge in [-0.1, -0.05) is 32.0 Å². The van der Waals surface area contributed by atoms with E-state index in [1.54, 1.807) is 0 Å². The average Bonchev–Trinajstić information content (AvgIpc) is 2.76. The van der Waals surface area contributed by atoms with E-state index < -0.39 is 6.23 Å². The lowest BCUT2D eigenvalue weighted by atomic mass is 10.2. The van der Waals surface area contributed by atoms with Crippen molar-refractivity contribution in [2.75, 3.05) is 13.1 Å². The van der Waals surface area contributed by atoms with Crippen LogP contribution >= 0.6 is 0 Å².